The number of hydroxylamine groups is 2. The van der Waals surface area contributed by atoms with E-state index < -0.39 is 6.04 Å². The first-order valence-corrected chi connectivity index (χ1v) is 6.97. The van der Waals surface area contributed by atoms with E-state index in [-0.39, 0.29) is 17.8 Å². The second-order valence-electron chi connectivity index (χ2n) is 5.08. The molecule has 0 aromatic heterocycles. The Morgan fingerprint density at radius 1 is 1.62 bits per heavy atom. The van der Waals surface area contributed by atoms with Gasteiger partial charge < -0.3 is 15.2 Å². The van der Waals surface area contributed by atoms with Crippen molar-refractivity contribution < 1.29 is 19.5 Å². The highest BCUT2D eigenvalue weighted by Gasteiger charge is 2.32. The summed E-state index contributed by atoms with van der Waals surface area (Å²) < 4.78 is 0. The molecule has 6 heteroatoms. The number of aldehydes is 1. The zero-order chi connectivity index (χ0) is 15.4. The number of benzene rings is 1. The number of carbonyl (C=O) groups excluding carboxylic acids is 2. The van der Waals surface area contributed by atoms with Crippen LogP contribution in [0.4, 0.5) is 0 Å². The first kappa shape index (κ1) is 15.5. The summed E-state index contributed by atoms with van der Waals surface area (Å²) in [5.41, 5.74) is 1.92. The highest BCUT2D eigenvalue weighted by atomic mass is 16.7. The molecule has 0 spiro atoms. The Balaban J connectivity index is 2.23. The van der Waals surface area contributed by atoms with Crippen molar-refractivity contribution >= 4 is 12.2 Å². The molecule has 1 amide bonds. The molecule has 6 nitrogen and oxygen atoms in total. The van der Waals surface area contributed by atoms with Crippen molar-refractivity contribution in [2.24, 2.45) is 0 Å². The number of hydrogen-bond donors (Lipinski definition) is 2. The van der Waals surface area contributed by atoms with Crippen LogP contribution in [0.5, 0.6) is 5.75 Å². The van der Waals surface area contributed by atoms with Gasteiger partial charge in [0.15, 0.2) is 0 Å². The van der Waals surface area contributed by atoms with Crippen molar-refractivity contribution in [1.29, 1.82) is 0 Å². The van der Waals surface area contributed by atoms with E-state index in [0.29, 0.717) is 19.4 Å². The molecule has 2 N–H and O–H groups in total. The quantitative estimate of drug-likeness (QED) is 0.800. The summed E-state index contributed by atoms with van der Waals surface area (Å²) >= 11 is 0. The SMILES string of the molecule is CNC(=O)C(CCC=O)N1Cc2cc(O)ccc2C(C)O1. The number of rotatable bonds is 5. The molecular weight excluding hydrogens is 272 g/mol. The monoisotopic (exact) mass is 292 g/mol. The molecule has 2 unspecified atom stereocenters. The van der Waals surface area contributed by atoms with Crippen LogP contribution in [-0.4, -0.2) is 35.5 Å². The van der Waals surface area contributed by atoms with Gasteiger partial charge >= 0.3 is 0 Å². The van der Waals surface area contributed by atoms with Gasteiger partial charge in [-0.2, -0.15) is 5.06 Å². The minimum Gasteiger partial charge on any atom is -0.508 e. The zero-order valence-electron chi connectivity index (χ0n) is 12.2. The fourth-order valence-electron chi connectivity index (χ4n) is 2.57. The van der Waals surface area contributed by atoms with E-state index in [2.05, 4.69) is 5.32 Å². The summed E-state index contributed by atoms with van der Waals surface area (Å²) in [5, 5.41) is 13.8. The number of carbonyl (C=O) groups is 2. The topological polar surface area (TPSA) is 78.9 Å². The summed E-state index contributed by atoms with van der Waals surface area (Å²) in [6.07, 6.45) is 1.27. The second-order valence-corrected chi connectivity index (χ2v) is 5.08. The van der Waals surface area contributed by atoms with E-state index in [1.54, 1.807) is 24.2 Å². The first-order valence-electron chi connectivity index (χ1n) is 6.97. The van der Waals surface area contributed by atoms with Crippen LogP contribution in [0.3, 0.4) is 0 Å². The summed E-state index contributed by atoms with van der Waals surface area (Å²) in [4.78, 5) is 28.4. The lowest BCUT2D eigenvalue weighted by atomic mass is 10.00. The Morgan fingerprint density at radius 2 is 2.38 bits per heavy atom. The van der Waals surface area contributed by atoms with E-state index in [4.69, 9.17) is 4.84 Å². The Labute approximate surface area is 123 Å². The predicted molar refractivity (Wildman–Crippen MR) is 76.3 cm³/mol. The predicted octanol–water partition coefficient (Wildman–Crippen LogP) is 1.29. The maximum absolute atomic E-state index is 12.0. The molecular formula is C15H20N2O4. The average Bonchev–Trinajstić information content (AvgIpc) is 2.46. The molecule has 0 bridgehead atoms. The van der Waals surface area contributed by atoms with Gasteiger partial charge in [0.25, 0.3) is 0 Å². The van der Waals surface area contributed by atoms with Crippen LogP contribution >= 0.6 is 0 Å². The molecule has 2 atom stereocenters. The molecule has 1 aliphatic rings. The molecule has 0 fully saturated rings. The first-order chi connectivity index (χ1) is 10.1. The minimum atomic E-state index is -0.529. The maximum atomic E-state index is 12.0. The Morgan fingerprint density at radius 3 is 3.05 bits per heavy atom. The Hall–Kier alpha value is -1.92. The number of aromatic hydroxyl groups is 1. The largest absolute Gasteiger partial charge is 0.508 e. The number of phenols is 1. The van der Waals surface area contributed by atoms with E-state index in [9.17, 15) is 14.7 Å². The molecule has 1 aliphatic heterocycles. The Bertz CT molecular complexity index is 532. The lowest BCUT2D eigenvalue weighted by Gasteiger charge is -2.36. The molecule has 0 radical (unpaired) electrons. The summed E-state index contributed by atoms with van der Waals surface area (Å²) in [6.45, 7) is 2.29. The highest BCUT2D eigenvalue weighted by molar-refractivity contribution is 5.81. The Kier molecular flexibility index (Phi) is 4.93. The number of fused-ring (bicyclic) bond motifs is 1. The van der Waals surface area contributed by atoms with Gasteiger partial charge in [0, 0.05) is 13.5 Å². The molecule has 2 rings (SSSR count). The van der Waals surface area contributed by atoms with Gasteiger partial charge in [0.2, 0.25) is 5.91 Å². The fourth-order valence-corrected chi connectivity index (χ4v) is 2.57. The summed E-state index contributed by atoms with van der Waals surface area (Å²) in [5.74, 6) is -0.000150. The molecule has 0 aliphatic carbocycles. The molecule has 0 saturated carbocycles. The van der Waals surface area contributed by atoms with Crippen LogP contribution < -0.4 is 5.32 Å². The zero-order valence-corrected chi connectivity index (χ0v) is 12.2. The van der Waals surface area contributed by atoms with Crippen LogP contribution in [0.2, 0.25) is 0 Å². The van der Waals surface area contributed by atoms with Crippen molar-refractivity contribution in [1.82, 2.24) is 10.4 Å². The van der Waals surface area contributed by atoms with Crippen molar-refractivity contribution in [3.63, 3.8) is 0 Å². The van der Waals surface area contributed by atoms with Crippen LogP contribution in [0.1, 0.15) is 37.0 Å². The number of nitrogens with one attached hydrogen (secondary N) is 1. The lowest BCUT2D eigenvalue weighted by molar-refractivity contribution is -0.235. The van der Waals surface area contributed by atoms with Crippen molar-refractivity contribution in [2.75, 3.05) is 7.05 Å². The minimum absolute atomic E-state index is 0.187. The third kappa shape index (κ3) is 3.40. The number of amides is 1. The summed E-state index contributed by atoms with van der Waals surface area (Å²) in [6, 6.07) is 4.60. The van der Waals surface area contributed by atoms with Crippen molar-refractivity contribution in [3.05, 3.63) is 29.3 Å². The number of nitrogens with zero attached hydrogens (tertiary/aromatic N) is 1. The molecule has 1 aromatic carbocycles. The van der Waals surface area contributed by atoms with E-state index in [1.165, 1.54) is 0 Å². The van der Waals surface area contributed by atoms with Gasteiger partial charge in [-0.3, -0.25) is 9.63 Å². The number of likely N-dealkylation sites (N-methyl/N-ethyl adjacent to an activating group) is 1. The van der Waals surface area contributed by atoms with E-state index in [0.717, 1.165) is 17.4 Å². The van der Waals surface area contributed by atoms with Gasteiger partial charge in [0.1, 0.15) is 24.2 Å². The number of hydrogen-bond acceptors (Lipinski definition) is 5. The van der Waals surface area contributed by atoms with Crippen molar-refractivity contribution in [3.8, 4) is 5.75 Å². The van der Waals surface area contributed by atoms with Crippen LogP contribution in [0.15, 0.2) is 18.2 Å². The number of phenolic OH excluding ortho intramolecular Hbond substituents is 1. The third-order valence-corrected chi connectivity index (χ3v) is 3.64. The van der Waals surface area contributed by atoms with E-state index in [1.807, 2.05) is 13.0 Å². The van der Waals surface area contributed by atoms with Crippen molar-refractivity contribution in [2.45, 2.75) is 38.5 Å². The molecule has 21 heavy (non-hydrogen) atoms. The normalized spacial score (nSPS) is 19.6. The maximum Gasteiger partial charge on any atom is 0.239 e. The van der Waals surface area contributed by atoms with Crippen LogP contribution in [0.25, 0.3) is 0 Å². The van der Waals surface area contributed by atoms with Crippen LogP contribution in [-0.2, 0) is 21.0 Å². The van der Waals surface area contributed by atoms with Gasteiger partial charge in [0.05, 0.1) is 6.54 Å². The van der Waals surface area contributed by atoms with Crippen LogP contribution in [0, 0.1) is 0 Å². The lowest BCUT2D eigenvalue weighted by Crippen LogP contribution is -2.47. The fraction of sp³-hybridized carbons (Fsp3) is 0.467. The van der Waals surface area contributed by atoms with Gasteiger partial charge in [-0.15, -0.1) is 0 Å². The van der Waals surface area contributed by atoms with Gasteiger partial charge in [-0.1, -0.05) is 6.07 Å². The van der Waals surface area contributed by atoms with Gasteiger partial charge in [-0.25, -0.2) is 0 Å². The molecule has 0 saturated heterocycles. The highest BCUT2D eigenvalue weighted by Crippen LogP contribution is 2.33. The smallest absolute Gasteiger partial charge is 0.239 e. The molecule has 114 valence electrons. The molecule has 1 heterocycles. The summed E-state index contributed by atoms with van der Waals surface area (Å²) in [7, 11) is 1.56. The third-order valence-electron chi connectivity index (χ3n) is 3.64. The standard InChI is InChI=1S/C15H20N2O4/c1-10-13-6-5-12(19)8-11(13)9-17(21-10)14(4-3-7-18)15(20)16-2/h5-8,10,14,19H,3-4,9H2,1-2H3,(H,16,20). The second kappa shape index (κ2) is 6.69. The molecule has 1 aromatic rings. The van der Waals surface area contributed by atoms with E-state index >= 15 is 0 Å². The van der Waals surface area contributed by atoms with Gasteiger partial charge in [-0.05, 0) is 36.6 Å². The average molecular weight is 292 g/mol.